The van der Waals surface area contributed by atoms with Crippen LogP contribution >= 0.6 is 0 Å². The number of pyridine rings is 2. The van der Waals surface area contributed by atoms with Crippen molar-refractivity contribution in [3.63, 3.8) is 0 Å². The van der Waals surface area contributed by atoms with Crippen molar-refractivity contribution in [3.8, 4) is 11.1 Å². The predicted octanol–water partition coefficient (Wildman–Crippen LogP) is 1.03. The van der Waals surface area contributed by atoms with Gasteiger partial charge in [0, 0.05) is 31.2 Å². The van der Waals surface area contributed by atoms with Crippen molar-refractivity contribution in [1.29, 1.82) is 0 Å². The first kappa shape index (κ1) is 18.5. The topological polar surface area (TPSA) is 133 Å². The molecule has 0 saturated heterocycles. The van der Waals surface area contributed by atoms with Crippen molar-refractivity contribution in [3.05, 3.63) is 64.6 Å². The summed E-state index contributed by atoms with van der Waals surface area (Å²) < 4.78 is 30.4. The standard InChI is InChI=1S/C17H16N4O5S/c1-21-15(22)7-6-14-13(8-9-19-16(14)21)12-4-2-11(3-5-12)10-20-27(24,25)26-17(18)23/h2-9,20H,10H2,1H3,(H2,18,23). The highest BCUT2D eigenvalue weighted by Gasteiger charge is 2.14. The Labute approximate surface area is 154 Å². The number of nitrogens with one attached hydrogen (secondary N) is 1. The number of hydrogen-bond donors (Lipinski definition) is 2. The molecule has 140 valence electrons. The lowest BCUT2D eigenvalue weighted by atomic mass is 10.0. The van der Waals surface area contributed by atoms with E-state index in [1.807, 2.05) is 18.2 Å². The highest BCUT2D eigenvalue weighted by atomic mass is 32.2. The molecule has 1 aromatic carbocycles. The van der Waals surface area contributed by atoms with Crippen LogP contribution in [0.15, 0.2) is 53.5 Å². The summed E-state index contributed by atoms with van der Waals surface area (Å²) in [5, 5.41) is 0.822. The van der Waals surface area contributed by atoms with Crippen LogP contribution in [0.1, 0.15) is 5.56 Å². The number of carbonyl (C=O) groups excluding carboxylic acids is 1. The molecule has 0 atom stereocenters. The van der Waals surface area contributed by atoms with E-state index in [-0.39, 0.29) is 12.1 Å². The number of benzene rings is 1. The summed E-state index contributed by atoms with van der Waals surface area (Å²) in [4.78, 5) is 26.6. The zero-order valence-corrected chi connectivity index (χ0v) is 15.1. The van der Waals surface area contributed by atoms with Gasteiger partial charge in [-0.3, -0.25) is 9.36 Å². The second-order valence-corrected chi connectivity index (χ2v) is 7.06. The van der Waals surface area contributed by atoms with Gasteiger partial charge >= 0.3 is 16.4 Å². The maximum Gasteiger partial charge on any atom is 0.421 e. The number of amides is 1. The summed E-state index contributed by atoms with van der Waals surface area (Å²) in [6.45, 7) is -0.0680. The van der Waals surface area contributed by atoms with Crippen LogP contribution in [0.4, 0.5) is 4.79 Å². The molecule has 0 saturated carbocycles. The first-order valence-electron chi connectivity index (χ1n) is 7.79. The lowest BCUT2D eigenvalue weighted by Crippen LogP contribution is -2.30. The predicted molar refractivity (Wildman–Crippen MR) is 98.8 cm³/mol. The molecule has 9 nitrogen and oxygen atoms in total. The summed E-state index contributed by atoms with van der Waals surface area (Å²) in [5.41, 5.74) is 7.53. The summed E-state index contributed by atoms with van der Waals surface area (Å²) in [6.07, 6.45) is 0.220. The van der Waals surface area contributed by atoms with Crippen LogP contribution in [0, 0.1) is 0 Å². The molecule has 0 spiro atoms. The lowest BCUT2D eigenvalue weighted by molar-refractivity contribution is 0.212. The number of aromatic nitrogens is 2. The van der Waals surface area contributed by atoms with Crippen molar-refractivity contribution in [2.75, 3.05) is 0 Å². The zero-order chi connectivity index (χ0) is 19.6. The van der Waals surface area contributed by atoms with Crippen LogP contribution in [0.25, 0.3) is 22.2 Å². The Balaban J connectivity index is 1.86. The smallest absolute Gasteiger partial charge is 0.334 e. The minimum Gasteiger partial charge on any atom is -0.334 e. The monoisotopic (exact) mass is 388 g/mol. The Morgan fingerprint density at radius 2 is 1.89 bits per heavy atom. The molecule has 0 aliphatic rings. The molecule has 3 aromatic rings. The van der Waals surface area contributed by atoms with Gasteiger partial charge in [-0.05, 0) is 28.8 Å². The van der Waals surface area contributed by atoms with Gasteiger partial charge in [0.2, 0.25) is 0 Å². The molecule has 0 aliphatic heterocycles. The van der Waals surface area contributed by atoms with Crippen molar-refractivity contribution in [2.24, 2.45) is 12.8 Å². The largest absolute Gasteiger partial charge is 0.421 e. The number of hydrogen-bond acceptors (Lipinski definition) is 6. The Morgan fingerprint density at radius 3 is 2.56 bits per heavy atom. The number of nitrogens with two attached hydrogens (primary N) is 1. The average molecular weight is 388 g/mol. The van der Waals surface area contributed by atoms with E-state index in [0.29, 0.717) is 11.2 Å². The Hall–Kier alpha value is -3.24. The van der Waals surface area contributed by atoms with Gasteiger partial charge < -0.3 is 9.92 Å². The van der Waals surface area contributed by atoms with Gasteiger partial charge in [0.1, 0.15) is 5.65 Å². The quantitative estimate of drug-likeness (QED) is 0.671. The van der Waals surface area contributed by atoms with Crippen LogP contribution in [-0.4, -0.2) is 24.1 Å². The number of fused-ring (bicyclic) bond motifs is 1. The van der Waals surface area contributed by atoms with Crippen LogP contribution < -0.4 is 16.0 Å². The molecule has 0 aliphatic carbocycles. The van der Waals surface area contributed by atoms with Gasteiger partial charge in [-0.1, -0.05) is 24.3 Å². The maximum atomic E-state index is 11.8. The fourth-order valence-electron chi connectivity index (χ4n) is 2.63. The molecular formula is C17H16N4O5S. The van der Waals surface area contributed by atoms with Gasteiger partial charge in [0.15, 0.2) is 0 Å². The van der Waals surface area contributed by atoms with Crippen molar-refractivity contribution in [2.45, 2.75) is 6.54 Å². The van der Waals surface area contributed by atoms with Crippen LogP contribution in [0.5, 0.6) is 0 Å². The van der Waals surface area contributed by atoms with Gasteiger partial charge in [0.25, 0.3) is 5.56 Å². The normalized spacial score (nSPS) is 11.4. The van der Waals surface area contributed by atoms with E-state index in [0.717, 1.165) is 16.5 Å². The lowest BCUT2D eigenvalue weighted by Gasteiger charge is -2.10. The van der Waals surface area contributed by atoms with Crippen molar-refractivity contribution in [1.82, 2.24) is 14.3 Å². The van der Waals surface area contributed by atoms with Gasteiger partial charge in [-0.25, -0.2) is 9.78 Å². The molecule has 3 N–H and O–H groups in total. The third-order valence-corrected chi connectivity index (χ3v) is 4.80. The van der Waals surface area contributed by atoms with Gasteiger partial charge in [0.05, 0.1) is 0 Å². The highest BCUT2D eigenvalue weighted by molar-refractivity contribution is 7.85. The van der Waals surface area contributed by atoms with Crippen molar-refractivity contribution < 1.29 is 17.4 Å². The Bertz CT molecular complexity index is 1170. The first-order valence-corrected chi connectivity index (χ1v) is 9.20. The van der Waals surface area contributed by atoms with Gasteiger partial charge in [-0.15, -0.1) is 0 Å². The highest BCUT2D eigenvalue weighted by Crippen LogP contribution is 2.26. The number of carbonyl (C=O) groups is 1. The second kappa shape index (κ2) is 7.17. The molecule has 10 heteroatoms. The van der Waals surface area contributed by atoms with Crippen LogP contribution in [0.2, 0.25) is 0 Å². The van der Waals surface area contributed by atoms with Crippen LogP contribution in [0.3, 0.4) is 0 Å². The molecule has 1 amide bonds. The number of primary amides is 1. The molecule has 0 fully saturated rings. The van der Waals surface area contributed by atoms with E-state index in [9.17, 15) is 18.0 Å². The fraction of sp³-hybridized carbons (Fsp3) is 0.118. The van der Waals surface area contributed by atoms with E-state index < -0.39 is 16.4 Å². The maximum absolute atomic E-state index is 11.8. The molecule has 2 aromatic heterocycles. The third kappa shape index (κ3) is 4.13. The molecule has 2 heterocycles. The summed E-state index contributed by atoms with van der Waals surface area (Å²) in [7, 11) is -2.59. The SMILES string of the molecule is Cn1c(=O)ccc2c(-c3ccc(CNS(=O)(=O)OC(N)=O)cc3)ccnc21. The van der Waals surface area contributed by atoms with Crippen LogP contribution in [-0.2, 0) is 28.1 Å². The van der Waals surface area contributed by atoms with E-state index in [1.165, 1.54) is 10.6 Å². The summed E-state index contributed by atoms with van der Waals surface area (Å²) >= 11 is 0. The molecule has 27 heavy (non-hydrogen) atoms. The van der Waals surface area contributed by atoms with Gasteiger partial charge in [-0.2, -0.15) is 13.1 Å². The number of aryl methyl sites for hydroxylation is 1. The molecular weight excluding hydrogens is 372 g/mol. The van der Waals surface area contributed by atoms with E-state index in [2.05, 4.69) is 13.9 Å². The van der Waals surface area contributed by atoms with Crippen molar-refractivity contribution >= 4 is 27.4 Å². The third-order valence-electron chi connectivity index (χ3n) is 3.92. The first-order chi connectivity index (χ1) is 12.8. The fourth-order valence-corrected chi connectivity index (χ4v) is 3.25. The average Bonchev–Trinajstić information content (AvgIpc) is 2.62. The van der Waals surface area contributed by atoms with E-state index >= 15 is 0 Å². The Kier molecular flexibility index (Phi) is 4.93. The molecule has 0 radical (unpaired) electrons. The minimum absolute atomic E-state index is 0.0680. The summed E-state index contributed by atoms with van der Waals surface area (Å²) in [6, 6.07) is 12.1. The summed E-state index contributed by atoms with van der Waals surface area (Å²) in [5.74, 6) is 0. The molecule has 3 rings (SSSR count). The second-order valence-electron chi connectivity index (χ2n) is 5.70. The Morgan fingerprint density at radius 1 is 1.19 bits per heavy atom. The molecule has 0 bridgehead atoms. The number of nitrogens with zero attached hydrogens (tertiary/aromatic N) is 2. The van der Waals surface area contributed by atoms with E-state index in [4.69, 9.17) is 5.73 Å². The number of rotatable bonds is 5. The van der Waals surface area contributed by atoms with E-state index in [1.54, 1.807) is 31.4 Å². The minimum atomic E-state index is -4.24. The molecule has 0 unspecified atom stereocenters. The zero-order valence-electron chi connectivity index (χ0n) is 14.2.